The molecule has 0 N–H and O–H groups in total. The maximum Gasteiger partial charge on any atom is 0.119 e. The number of hydrogen-bond acceptors (Lipinski definition) is 1. The molecule has 0 bridgehead atoms. The van der Waals surface area contributed by atoms with Crippen LogP contribution in [0.4, 0.5) is 0 Å². The van der Waals surface area contributed by atoms with Crippen LogP contribution in [0.3, 0.4) is 0 Å². The number of rotatable bonds is 4. The maximum absolute atomic E-state index is 5.62. The third-order valence-electron chi connectivity index (χ3n) is 2.75. The molecule has 1 nitrogen and oxygen atoms in total. The van der Waals surface area contributed by atoms with Crippen LogP contribution in [-0.2, 0) is 0 Å². The molecule has 0 amide bonds. The number of hydrogen-bond donors (Lipinski definition) is 0. The number of aryl methyl sites for hydroxylation is 2. The van der Waals surface area contributed by atoms with Gasteiger partial charge in [0, 0.05) is 0 Å². The highest BCUT2D eigenvalue weighted by atomic mass is 16.5. The smallest absolute Gasteiger partial charge is 0.119 e. The molecule has 0 fully saturated rings. The highest BCUT2D eigenvalue weighted by molar-refractivity contribution is 5.49. The second-order valence-electron chi connectivity index (χ2n) is 4.44. The van der Waals surface area contributed by atoms with E-state index in [-0.39, 0.29) is 0 Å². The lowest BCUT2D eigenvalue weighted by Gasteiger charge is -2.03. The zero-order valence-electron chi connectivity index (χ0n) is 10.9. The third kappa shape index (κ3) is 3.77. The molecule has 18 heavy (non-hydrogen) atoms. The SMILES string of the molecule is Cc1ccc(/C=C/COc2ccc(C)cc2)cc1. The molecular formula is C17H18O. The van der Waals surface area contributed by atoms with E-state index in [4.69, 9.17) is 4.74 Å². The molecule has 2 aromatic rings. The largest absolute Gasteiger partial charge is 0.490 e. The minimum atomic E-state index is 0.594. The summed E-state index contributed by atoms with van der Waals surface area (Å²) in [5, 5.41) is 0. The Morgan fingerprint density at radius 3 is 2.00 bits per heavy atom. The average Bonchev–Trinajstić information content (AvgIpc) is 2.39. The van der Waals surface area contributed by atoms with Gasteiger partial charge >= 0.3 is 0 Å². The normalized spacial score (nSPS) is 10.8. The van der Waals surface area contributed by atoms with Gasteiger partial charge in [-0.3, -0.25) is 0 Å². The Bertz CT molecular complexity index is 506. The molecule has 0 aromatic heterocycles. The van der Waals surface area contributed by atoms with Crippen molar-refractivity contribution in [1.82, 2.24) is 0 Å². The first-order valence-electron chi connectivity index (χ1n) is 6.17. The Kier molecular flexibility index (Phi) is 4.19. The number of ether oxygens (including phenoxy) is 1. The summed E-state index contributed by atoms with van der Waals surface area (Å²) in [6.45, 7) is 4.76. The quantitative estimate of drug-likeness (QED) is 0.767. The van der Waals surface area contributed by atoms with E-state index in [0.717, 1.165) is 5.75 Å². The third-order valence-corrected chi connectivity index (χ3v) is 2.75. The van der Waals surface area contributed by atoms with Crippen molar-refractivity contribution in [2.24, 2.45) is 0 Å². The first-order valence-corrected chi connectivity index (χ1v) is 6.17. The van der Waals surface area contributed by atoms with Gasteiger partial charge in [-0.05, 0) is 37.6 Å². The van der Waals surface area contributed by atoms with Gasteiger partial charge in [0.05, 0.1) is 0 Å². The van der Waals surface area contributed by atoms with Crippen molar-refractivity contribution in [3.63, 3.8) is 0 Å². The van der Waals surface area contributed by atoms with Crippen LogP contribution >= 0.6 is 0 Å². The van der Waals surface area contributed by atoms with E-state index in [1.165, 1.54) is 16.7 Å². The first-order chi connectivity index (χ1) is 8.74. The monoisotopic (exact) mass is 238 g/mol. The van der Waals surface area contributed by atoms with Crippen LogP contribution in [0.5, 0.6) is 5.75 Å². The van der Waals surface area contributed by atoms with Crippen LogP contribution in [0.1, 0.15) is 16.7 Å². The zero-order chi connectivity index (χ0) is 12.8. The molecule has 92 valence electrons. The van der Waals surface area contributed by atoms with Crippen molar-refractivity contribution in [3.8, 4) is 5.75 Å². The topological polar surface area (TPSA) is 9.23 Å². The highest BCUT2D eigenvalue weighted by Crippen LogP contribution is 2.11. The van der Waals surface area contributed by atoms with Crippen molar-refractivity contribution in [3.05, 3.63) is 71.3 Å². The molecule has 0 aliphatic carbocycles. The Morgan fingerprint density at radius 1 is 0.833 bits per heavy atom. The van der Waals surface area contributed by atoms with Crippen molar-refractivity contribution in [2.75, 3.05) is 6.61 Å². The predicted octanol–water partition coefficient (Wildman–Crippen LogP) is 4.40. The minimum absolute atomic E-state index is 0.594. The van der Waals surface area contributed by atoms with E-state index >= 15 is 0 Å². The molecule has 1 heteroatoms. The van der Waals surface area contributed by atoms with E-state index in [2.05, 4.69) is 56.3 Å². The summed E-state index contributed by atoms with van der Waals surface area (Å²) in [5.41, 5.74) is 3.73. The van der Waals surface area contributed by atoms with Crippen LogP contribution in [0.2, 0.25) is 0 Å². The molecule has 0 aliphatic rings. The van der Waals surface area contributed by atoms with E-state index in [1.807, 2.05) is 18.2 Å². The van der Waals surface area contributed by atoms with Gasteiger partial charge in [0.25, 0.3) is 0 Å². The van der Waals surface area contributed by atoms with Crippen molar-refractivity contribution >= 4 is 6.08 Å². The summed E-state index contributed by atoms with van der Waals surface area (Å²) >= 11 is 0. The van der Waals surface area contributed by atoms with Gasteiger partial charge in [-0.1, -0.05) is 53.6 Å². The Labute approximate surface area is 109 Å². The lowest BCUT2D eigenvalue weighted by Crippen LogP contribution is -1.92. The van der Waals surface area contributed by atoms with E-state index < -0.39 is 0 Å². The summed E-state index contributed by atoms with van der Waals surface area (Å²) in [5.74, 6) is 0.911. The van der Waals surface area contributed by atoms with Crippen LogP contribution in [0, 0.1) is 13.8 Å². The fourth-order valence-electron chi connectivity index (χ4n) is 1.64. The van der Waals surface area contributed by atoms with Crippen LogP contribution in [-0.4, -0.2) is 6.61 Å². The van der Waals surface area contributed by atoms with Gasteiger partial charge in [-0.2, -0.15) is 0 Å². The first kappa shape index (κ1) is 12.4. The predicted molar refractivity (Wildman–Crippen MR) is 76.9 cm³/mol. The molecule has 0 saturated heterocycles. The summed E-state index contributed by atoms with van der Waals surface area (Å²) in [7, 11) is 0. The second-order valence-corrected chi connectivity index (χ2v) is 4.44. The van der Waals surface area contributed by atoms with Crippen molar-refractivity contribution in [1.29, 1.82) is 0 Å². The number of benzene rings is 2. The lowest BCUT2D eigenvalue weighted by atomic mass is 10.1. The average molecular weight is 238 g/mol. The Hall–Kier alpha value is -2.02. The van der Waals surface area contributed by atoms with E-state index in [1.54, 1.807) is 0 Å². The molecule has 0 atom stereocenters. The Balaban J connectivity index is 1.84. The van der Waals surface area contributed by atoms with Crippen molar-refractivity contribution in [2.45, 2.75) is 13.8 Å². The fourth-order valence-corrected chi connectivity index (χ4v) is 1.64. The van der Waals surface area contributed by atoms with Gasteiger partial charge < -0.3 is 4.74 Å². The van der Waals surface area contributed by atoms with Crippen LogP contribution < -0.4 is 4.74 Å². The standard InChI is InChI=1S/C17H18O/c1-14-5-9-16(10-6-14)4-3-13-18-17-11-7-15(2)8-12-17/h3-12H,13H2,1-2H3/b4-3+. The molecule has 0 aliphatic heterocycles. The molecule has 0 radical (unpaired) electrons. The van der Waals surface area contributed by atoms with Crippen molar-refractivity contribution < 1.29 is 4.74 Å². The van der Waals surface area contributed by atoms with Gasteiger partial charge in [0.2, 0.25) is 0 Å². The summed E-state index contributed by atoms with van der Waals surface area (Å²) in [6.07, 6.45) is 4.11. The van der Waals surface area contributed by atoms with Gasteiger partial charge in [-0.15, -0.1) is 0 Å². The second kappa shape index (κ2) is 6.06. The highest BCUT2D eigenvalue weighted by Gasteiger charge is 1.90. The molecule has 2 rings (SSSR count). The molecule has 0 unspecified atom stereocenters. The van der Waals surface area contributed by atoms with Gasteiger partial charge in [0.1, 0.15) is 12.4 Å². The molecule has 0 spiro atoms. The molecular weight excluding hydrogens is 220 g/mol. The molecule has 0 saturated carbocycles. The van der Waals surface area contributed by atoms with Gasteiger partial charge in [-0.25, -0.2) is 0 Å². The van der Waals surface area contributed by atoms with Crippen LogP contribution in [0.25, 0.3) is 6.08 Å². The van der Waals surface area contributed by atoms with E-state index in [0.29, 0.717) is 6.61 Å². The summed E-state index contributed by atoms with van der Waals surface area (Å²) in [6, 6.07) is 16.5. The molecule has 0 heterocycles. The summed E-state index contributed by atoms with van der Waals surface area (Å²) < 4.78 is 5.62. The van der Waals surface area contributed by atoms with Gasteiger partial charge in [0.15, 0.2) is 0 Å². The summed E-state index contributed by atoms with van der Waals surface area (Å²) in [4.78, 5) is 0. The molecule has 2 aromatic carbocycles. The fraction of sp³-hybridized carbons (Fsp3) is 0.176. The van der Waals surface area contributed by atoms with Crippen LogP contribution in [0.15, 0.2) is 54.6 Å². The van der Waals surface area contributed by atoms with E-state index in [9.17, 15) is 0 Å². The Morgan fingerprint density at radius 2 is 1.39 bits per heavy atom. The lowest BCUT2D eigenvalue weighted by molar-refractivity contribution is 0.363. The zero-order valence-corrected chi connectivity index (χ0v) is 10.9. The minimum Gasteiger partial charge on any atom is -0.490 e. The maximum atomic E-state index is 5.62.